The maximum Gasteiger partial charge on any atom is 0.311 e. The molecule has 3 aromatic rings. The van der Waals surface area contributed by atoms with Crippen molar-refractivity contribution in [3.05, 3.63) is 48.0 Å². The third-order valence-electron chi connectivity index (χ3n) is 3.63. The van der Waals surface area contributed by atoms with Crippen molar-refractivity contribution >= 4 is 33.7 Å². The minimum absolute atomic E-state index is 0. The molecule has 2 aromatic carbocycles. The van der Waals surface area contributed by atoms with E-state index in [0.29, 0.717) is 11.1 Å². The quantitative estimate of drug-likeness (QED) is 0.683. The number of aromatic amines is 1. The van der Waals surface area contributed by atoms with E-state index < -0.39 is 24.3 Å². The van der Waals surface area contributed by atoms with Crippen LogP contribution in [-0.2, 0) is 9.59 Å². The molecule has 0 aliphatic rings. The minimum atomic E-state index is -1.14. The highest BCUT2D eigenvalue weighted by Gasteiger charge is 2.25. The Labute approximate surface area is 125 Å². The first kappa shape index (κ1) is 15.5. The molecule has 5 N–H and O–H groups in total. The molecule has 0 aliphatic carbocycles. The number of carbonyl (C=O) groups is 2. The first-order chi connectivity index (χ1) is 10.1. The van der Waals surface area contributed by atoms with Gasteiger partial charge in [-0.25, -0.2) is 0 Å². The van der Waals surface area contributed by atoms with Crippen LogP contribution in [0.2, 0.25) is 0 Å². The van der Waals surface area contributed by atoms with Crippen molar-refractivity contribution in [2.75, 3.05) is 0 Å². The summed E-state index contributed by atoms with van der Waals surface area (Å²) in [6.07, 6.45) is -0.441. The number of rotatable bonds is 4. The summed E-state index contributed by atoms with van der Waals surface area (Å²) in [5.74, 6) is -3.33. The Bertz CT molecular complexity index is 852. The van der Waals surface area contributed by atoms with E-state index in [0.717, 1.165) is 16.3 Å². The Kier molecular flexibility index (Phi) is 4.14. The smallest absolute Gasteiger partial charge is 0.311 e. The van der Waals surface area contributed by atoms with E-state index in [1.807, 2.05) is 30.3 Å². The molecule has 1 unspecified atom stereocenters. The SMILES string of the molecule is O.O=C(O)CC(C(=O)O)c1cccc2c1[nH]c1ccccc12. The van der Waals surface area contributed by atoms with Gasteiger partial charge in [0, 0.05) is 16.3 Å². The third kappa shape index (κ3) is 2.51. The first-order valence-corrected chi connectivity index (χ1v) is 6.52. The van der Waals surface area contributed by atoms with Crippen molar-refractivity contribution in [2.45, 2.75) is 12.3 Å². The van der Waals surface area contributed by atoms with Crippen molar-refractivity contribution < 1.29 is 25.3 Å². The molecule has 22 heavy (non-hydrogen) atoms. The normalized spacial score (nSPS) is 12.0. The summed E-state index contributed by atoms with van der Waals surface area (Å²) in [4.78, 5) is 25.5. The second-order valence-corrected chi connectivity index (χ2v) is 4.93. The summed E-state index contributed by atoms with van der Waals surface area (Å²) in [5, 5.41) is 20.2. The van der Waals surface area contributed by atoms with Gasteiger partial charge in [-0.1, -0.05) is 36.4 Å². The standard InChI is InChI=1S/C16H13NO4.H2O/c18-14(19)8-12(16(20)21)11-6-3-5-10-9-4-1-2-7-13(9)17-15(10)11;/h1-7,12,17H,8H2,(H,18,19)(H,20,21);1H2. The molecular weight excluding hydrogens is 286 g/mol. The largest absolute Gasteiger partial charge is 0.481 e. The predicted octanol–water partition coefficient (Wildman–Crippen LogP) is 2.14. The number of carboxylic acid groups (broad SMARTS) is 2. The molecule has 1 heterocycles. The Balaban J connectivity index is 0.00000176. The van der Waals surface area contributed by atoms with Gasteiger partial charge in [-0.15, -0.1) is 0 Å². The zero-order chi connectivity index (χ0) is 15.0. The number of benzene rings is 2. The van der Waals surface area contributed by atoms with Gasteiger partial charge in [0.2, 0.25) is 0 Å². The number of H-pyrrole nitrogens is 1. The second kappa shape index (κ2) is 5.87. The Morgan fingerprint density at radius 3 is 2.36 bits per heavy atom. The third-order valence-corrected chi connectivity index (χ3v) is 3.63. The molecule has 6 heteroatoms. The fraction of sp³-hybridized carbons (Fsp3) is 0.125. The summed E-state index contributed by atoms with van der Waals surface area (Å²) in [7, 11) is 0. The molecular formula is C16H15NO5. The van der Waals surface area contributed by atoms with Gasteiger partial charge in [-0.05, 0) is 11.6 Å². The Morgan fingerprint density at radius 2 is 1.68 bits per heavy atom. The molecule has 0 saturated heterocycles. The van der Waals surface area contributed by atoms with Crippen LogP contribution in [0.5, 0.6) is 0 Å². The summed E-state index contributed by atoms with van der Waals surface area (Å²) < 4.78 is 0. The first-order valence-electron chi connectivity index (χ1n) is 6.52. The highest BCUT2D eigenvalue weighted by Crippen LogP contribution is 2.32. The number of nitrogens with one attached hydrogen (secondary N) is 1. The van der Waals surface area contributed by atoms with Gasteiger partial charge in [-0.2, -0.15) is 0 Å². The van der Waals surface area contributed by atoms with E-state index in [-0.39, 0.29) is 5.48 Å². The zero-order valence-electron chi connectivity index (χ0n) is 11.5. The number of hydrogen-bond donors (Lipinski definition) is 3. The number of fused-ring (bicyclic) bond motifs is 3. The molecule has 3 rings (SSSR count). The fourth-order valence-electron chi connectivity index (χ4n) is 2.69. The lowest BCUT2D eigenvalue weighted by molar-refractivity contribution is -0.145. The van der Waals surface area contributed by atoms with Crippen molar-refractivity contribution in [1.82, 2.24) is 4.98 Å². The molecule has 0 fully saturated rings. The average molecular weight is 301 g/mol. The van der Waals surface area contributed by atoms with E-state index in [9.17, 15) is 14.7 Å². The van der Waals surface area contributed by atoms with Crippen LogP contribution in [0.4, 0.5) is 0 Å². The van der Waals surface area contributed by atoms with Crippen LogP contribution in [-0.4, -0.2) is 32.6 Å². The van der Waals surface area contributed by atoms with Gasteiger partial charge in [0.1, 0.15) is 0 Å². The number of hydrogen-bond acceptors (Lipinski definition) is 2. The Morgan fingerprint density at radius 1 is 1.00 bits per heavy atom. The molecule has 1 atom stereocenters. The number of aliphatic carboxylic acids is 2. The van der Waals surface area contributed by atoms with Gasteiger partial charge < -0.3 is 20.7 Å². The lowest BCUT2D eigenvalue weighted by Crippen LogP contribution is -2.16. The summed E-state index contributed by atoms with van der Waals surface area (Å²) in [6, 6.07) is 13.0. The highest BCUT2D eigenvalue weighted by molar-refractivity contribution is 6.09. The van der Waals surface area contributed by atoms with Crippen LogP contribution in [0.1, 0.15) is 17.9 Å². The molecule has 6 nitrogen and oxygen atoms in total. The average Bonchev–Trinajstić information content (AvgIpc) is 2.83. The predicted molar refractivity (Wildman–Crippen MR) is 82.0 cm³/mol. The molecule has 114 valence electrons. The van der Waals surface area contributed by atoms with E-state index in [4.69, 9.17) is 5.11 Å². The summed E-state index contributed by atoms with van der Waals surface area (Å²) in [5.41, 5.74) is 2.09. The molecule has 0 amide bonds. The van der Waals surface area contributed by atoms with E-state index >= 15 is 0 Å². The van der Waals surface area contributed by atoms with Crippen molar-refractivity contribution in [1.29, 1.82) is 0 Å². The van der Waals surface area contributed by atoms with E-state index in [2.05, 4.69) is 4.98 Å². The maximum atomic E-state index is 11.4. The number of carboxylic acids is 2. The van der Waals surface area contributed by atoms with Gasteiger partial charge in [0.05, 0.1) is 17.9 Å². The van der Waals surface area contributed by atoms with E-state index in [1.54, 1.807) is 12.1 Å². The molecule has 0 aliphatic heterocycles. The summed E-state index contributed by atoms with van der Waals surface area (Å²) >= 11 is 0. The van der Waals surface area contributed by atoms with Crippen molar-refractivity contribution in [3.8, 4) is 0 Å². The van der Waals surface area contributed by atoms with Crippen LogP contribution in [0.3, 0.4) is 0 Å². The number of para-hydroxylation sites is 2. The molecule has 0 bridgehead atoms. The summed E-state index contributed by atoms with van der Waals surface area (Å²) in [6.45, 7) is 0. The van der Waals surface area contributed by atoms with Gasteiger partial charge >= 0.3 is 11.9 Å². The topological polar surface area (TPSA) is 122 Å². The van der Waals surface area contributed by atoms with Gasteiger partial charge in [0.25, 0.3) is 0 Å². The van der Waals surface area contributed by atoms with Crippen LogP contribution >= 0.6 is 0 Å². The zero-order valence-corrected chi connectivity index (χ0v) is 11.5. The van der Waals surface area contributed by atoms with Gasteiger partial charge in [0.15, 0.2) is 0 Å². The maximum absolute atomic E-state index is 11.4. The minimum Gasteiger partial charge on any atom is -0.481 e. The van der Waals surface area contributed by atoms with Crippen molar-refractivity contribution in [3.63, 3.8) is 0 Å². The lowest BCUT2D eigenvalue weighted by atomic mass is 9.94. The van der Waals surface area contributed by atoms with Crippen LogP contribution in [0.15, 0.2) is 42.5 Å². The van der Waals surface area contributed by atoms with Crippen LogP contribution in [0, 0.1) is 0 Å². The highest BCUT2D eigenvalue weighted by atomic mass is 16.4. The lowest BCUT2D eigenvalue weighted by Gasteiger charge is -2.11. The number of aromatic nitrogens is 1. The second-order valence-electron chi connectivity index (χ2n) is 4.93. The molecule has 0 radical (unpaired) electrons. The van der Waals surface area contributed by atoms with Crippen LogP contribution < -0.4 is 0 Å². The van der Waals surface area contributed by atoms with Gasteiger partial charge in [-0.3, -0.25) is 9.59 Å². The van der Waals surface area contributed by atoms with Crippen molar-refractivity contribution in [2.24, 2.45) is 0 Å². The molecule has 0 spiro atoms. The molecule has 0 saturated carbocycles. The van der Waals surface area contributed by atoms with Crippen LogP contribution in [0.25, 0.3) is 21.8 Å². The monoisotopic (exact) mass is 301 g/mol. The molecule has 1 aromatic heterocycles. The fourth-order valence-corrected chi connectivity index (χ4v) is 2.69. The Hall–Kier alpha value is -2.86. The van der Waals surface area contributed by atoms with E-state index in [1.165, 1.54) is 0 Å².